The maximum Gasteiger partial charge on any atom is 0.320 e. The summed E-state index contributed by atoms with van der Waals surface area (Å²) < 4.78 is 10.3. The first-order valence-electron chi connectivity index (χ1n) is 4.04. The third kappa shape index (κ3) is 7.37. The van der Waals surface area contributed by atoms with Gasteiger partial charge >= 0.3 is 9.28 Å². The van der Waals surface area contributed by atoms with E-state index in [4.69, 9.17) is 32.1 Å². The Balaban J connectivity index is 3.17. The molecule has 0 fully saturated rings. The molecule has 0 spiro atoms. The molecule has 0 aromatic rings. The van der Waals surface area contributed by atoms with Crippen LogP contribution in [0.5, 0.6) is 0 Å². The molecule has 0 N–H and O–H groups in total. The SMILES string of the molecule is CO[SiH](CCCCC(Cl)Cl)OC. The lowest BCUT2D eigenvalue weighted by Gasteiger charge is -2.10. The van der Waals surface area contributed by atoms with Crippen LogP contribution in [0.15, 0.2) is 0 Å². The Hall–Kier alpha value is 0.717. The van der Waals surface area contributed by atoms with Crippen LogP contribution < -0.4 is 0 Å². The van der Waals surface area contributed by atoms with Gasteiger partial charge in [-0.25, -0.2) is 0 Å². The highest BCUT2D eigenvalue weighted by Gasteiger charge is 2.08. The molecular formula is C7H16Cl2O2Si. The predicted octanol–water partition coefficient (Wildman–Crippen LogP) is 2.47. The molecular weight excluding hydrogens is 215 g/mol. The Morgan fingerprint density at radius 1 is 1.17 bits per heavy atom. The van der Waals surface area contributed by atoms with Gasteiger partial charge in [0.2, 0.25) is 0 Å². The first-order valence-corrected chi connectivity index (χ1v) is 6.67. The molecule has 0 atom stereocenters. The Morgan fingerprint density at radius 3 is 2.17 bits per heavy atom. The maximum absolute atomic E-state index is 5.58. The summed E-state index contributed by atoms with van der Waals surface area (Å²) in [5.41, 5.74) is 0. The van der Waals surface area contributed by atoms with Crippen LogP contribution in [0.1, 0.15) is 19.3 Å². The minimum absolute atomic E-state index is 0.227. The molecule has 0 bridgehead atoms. The van der Waals surface area contributed by atoms with Gasteiger partial charge in [0.1, 0.15) is 4.84 Å². The van der Waals surface area contributed by atoms with Crippen molar-refractivity contribution in [2.45, 2.75) is 30.1 Å². The number of rotatable bonds is 7. The Morgan fingerprint density at radius 2 is 1.75 bits per heavy atom. The van der Waals surface area contributed by atoms with E-state index >= 15 is 0 Å². The molecule has 0 aliphatic carbocycles. The van der Waals surface area contributed by atoms with Crippen molar-refractivity contribution in [2.24, 2.45) is 0 Å². The third-order valence-electron chi connectivity index (χ3n) is 1.64. The quantitative estimate of drug-likeness (QED) is 0.380. The highest BCUT2D eigenvalue weighted by atomic mass is 35.5. The van der Waals surface area contributed by atoms with Crippen molar-refractivity contribution < 1.29 is 8.85 Å². The van der Waals surface area contributed by atoms with E-state index in [1.807, 2.05) is 0 Å². The summed E-state index contributed by atoms with van der Waals surface area (Å²) in [5, 5.41) is 0. The van der Waals surface area contributed by atoms with Crippen LogP contribution in [0.2, 0.25) is 6.04 Å². The van der Waals surface area contributed by atoms with Crippen molar-refractivity contribution in [3.63, 3.8) is 0 Å². The minimum Gasteiger partial charge on any atom is -0.400 e. The highest BCUT2D eigenvalue weighted by Crippen LogP contribution is 2.13. The van der Waals surface area contributed by atoms with Crippen molar-refractivity contribution in [1.29, 1.82) is 0 Å². The van der Waals surface area contributed by atoms with Gasteiger partial charge < -0.3 is 8.85 Å². The third-order valence-corrected chi connectivity index (χ3v) is 4.01. The number of halogens is 2. The van der Waals surface area contributed by atoms with Gasteiger partial charge in [-0.15, -0.1) is 23.2 Å². The molecule has 5 heteroatoms. The minimum atomic E-state index is -1.34. The largest absolute Gasteiger partial charge is 0.400 e. The number of hydrogen-bond donors (Lipinski definition) is 0. The molecule has 0 saturated heterocycles. The van der Waals surface area contributed by atoms with Gasteiger partial charge in [-0.2, -0.15) is 0 Å². The lowest BCUT2D eigenvalue weighted by Crippen LogP contribution is -2.18. The molecule has 74 valence electrons. The molecule has 0 aliphatic heterocycles. The van der Waals surface area contributed by atoms with Crippen molar-refractivity contribution in [1.82, 2.24) is 0 Å². The first-order chi connectivity index (χ1) is 5.70. The summed E-state index contributed by atoms with van der Waals surface area (Å²) >= 11 is 11.2. The van der Waals surface area contributed by atoms with Crippen LogP contribution in [0.3, 0.4) is 0 Å². The van der Waals surface area contributed by atoms with Gasteiger partial charge in [0.25, 0.3) is 0 Å². The van der Waals surface area contributed by atoms with Crippen LogP contribution in [0.25, 0.3) is 0 Å². The number of hydrogen-bond acceptors (Lipinski definition) is 2. The lowest BCUT2D eigenvalue weighted by molar-refractivity contribution is 0.276. The zero-order valence-corrected chi connectivity index (χ0v) is 10.2. The summed E-state index contributed by atoms with van der Waals surface area (Å²) in [5.74, 6) is 0. The Bertz CT molecular complexity index is 99.4. The van der Waals surface area contributed by atoms with Crippen molar-refractivity contribution >= 4 is 32.5 Å². The molecule has 0 amide bonds. The zero-order valence-electron chi connectivity index (χ0n) is 7.56. The molecule has 0 rings (SSSR count). The molecule has 2 nitrogen and oxygen atoms in total. The second-order valence-corrected chi connectivity index (χ2v) is 6.23. The standard InChI is InChI=1S/C7H16Cl2O2Si/c1-10-12(11-2)6-4-3-5-7(8)9/h7,12H,3-6H2,1-2H3. The molecule has 0 aromatic carbocycles. The van der Waals surface area contributed by atoms with Crippen LogP contribution in [-0.2, 0) is 8.85 Å². The van der Waals surface area contributed by atoms with Gasteiger partial charge in [-0.05, 0) is 12.5 Å². The fourth-order valence-corrected chi connectivity index (χ4v) is 2.54. The molecule has 12 heavy (non-hydrogen) atoms. The molecule has 0 aliphatic rings. The van der Waals surface area contributed by atoms with Crippen LogP contribution in [0.4, 0.5) is 0 Å². The van der Waals surface area contributed by atoms with E-state index in [0.717, 1.165) is 25.3 Å². The van der Waals surface area contributed by atoms with Crippen molar-refractivity contribution in [3.8, 4) is 0 Å². The van der Waals surface area contributed by atoms with Crippen molar-refractivity contribution in [3.05, 3.63) is 0 Å². The van der Waals surface area contributed by atoms with Gasteiger partial charge in [0, 0.05) is 14.2 Å². The summed E-state index contributed by atoms with van der Waals surface area (Å²) in [4.78, 5) is -0.227. The molecule has 0 aromatic heterocycles. The first kappa shape index (κ1) is 12.7. The monoisotopic (exact) mass is 230 g/mol. The topological polar surface area (TPSA) is 18.5 Å². The Kier molecular flexibility index (Phi) is 8.82. The van der Waals surface area contributed by atoms with E-state index in [1.165, 1.54) is 0 Å². The average Bonchev–Trinajstić information content (AvgIpc) is 2.04. The summed E-state index contributed by atoms with van der Waals surface area (Å²) in [6.45, 7) is 0. The number of unbranched alkanes of at least 4 members (excludes halogenated alkanes) is 1. The van der Waals surface area contributed by atoms with Crippen LogP contribution >= 0.6 is 23.2 Å². The van der Waals surface area contributed by atoms with E-state index in [1.54, 1.807) is 14.2 Å². The summed E-state index contributed by atoms with van der Waals surface area (Å²) in [7, 11) is 2.06. The van der Waals surface area contributed by atoms with Gasteiger partial charge in [-0.1, -0.05) is 12.8 Å². The fraction of sp³-hybridized carbons (Fsp3) is 1.00. The average molecular weight is 231 g/mol. The summed E-state index contributed by atoms with van der Waals surface area (Å²) in [6.07, 6.45) is 3.00. The molecule has 0 saturated carbocycles. The second-order valence-electron chi connectivity index (χ2n) is 2.58. The van der Waals surface area contributed by atoms with Gasteiger partial charge in [0.05, 0.1) is 0 Å². The van der Waals surface area contributed by atoms with E-state index in [9.17, 15) is 0 Å². The second kappa shape index (κ2) is 8.32. The van der Waals surface area contributed by atoms with Crippen LogP contribution in [-0.4, -0.2) is 28.3 Å². The van der Waals surface area contributed by atoms with Gasteiger partial charge in [0.15, 0.2) is 0 Å². The summed E-state index contributed by atoms with van der Waals surface area (Å²) in [6, 6.07) is 1.04. The number of alkyl halides is 2. The van der Waals surface area contributed by atoms with E-state index in [-0.39, 0.29) is 4.84 Å². The van der Waals surface area contributed by atoms with E-state index in [2.05, 4.69) is 0 Å². The highest BCUT2D eigenvalue weighted by molar-refractivity contribution is 6.44. The normalized spacial score (nSPS) is 11.5. The fourth-order valence-electron chi connectivity index (χ4n) is 0.942. The van der Waals surface area contributed by atoms with E-state index in [0.29, 0.717) is 0 Å². The molecule has 0 unspecified atom stereocenters. The predicted molar refractivity (Wildman–Crippen MR) is 55.3 cm³/mol. The lowest BCUT2D eigenvalue weighted by atomic mass is 10.3. The molecule has 0 radical (unpaired) electrons. The Labute approximate surface area is 86.0 Å². The maximum atomic E-state index is 5.58. The van der Waals surface area contributed by atoms with E-state index < -0.39 is 9.28 Å². The van der Waals surface area contributed by atoms with Crippen LogP contribution in [0, 0.1) is 0 Å². The van der Waals surface area contributed by atoms with Crippen molar-refractivity contribution in [2.75, 3.05) is 14.2 Å². The van der Waals surface area contributed by atoms with Gasteiger partial charge in [-0.3, -0.25) is 0 Å². The zero-order chi connectivity index (χ0) is 9.40. The smallest absolute Gasteiger partial charge is 0.320 e. The molecule has 0 heterocycles.